The number of aryl methyl sites for hydroxylation is 1. The smallest absolute Gasteiger partial charge is 0.191 e. The number of rotatable bonds is 8. The predicted octanol–water partition coefficient (Wildman–Crippen LogP) is 1.70. The Kier molecular flexibility index (Phi) is 6.89. The van der Waals surface area contributed by atoms with Gasteiger partial charge in [-0.2, -0.15) is 0 Å². The summed E-state index contributed by atoms with van der Waals surface area (Å²) >= 11 is 1.78. The molecule has 0 radical (unpaired) electrons. The third-order valence-corrected chi connectivity index (χ3v) is 4.31. The molecular formula is C15H24N6S. The Labute approximate surface area is 135 Å². The van der Waals surface area contributed by atoms with Crippen molar-refractivity contribution < 1.29 is 0 Å². The fourth-order valence-electron chi connectivity index (χ4n) is 1.95. The van der Waals surface area contributed by atoms with E-state index in [-0.39, 0.29) is 0 Å². The summed E-state index contributed by atoms with van der Waals surface area (Å²) in [6.07, 6.45) is 9.48. The van der Waals surface area contributed by atoms with Crippen molar-refractivity contribution in [3.05, 3.63) is 34.8 Å². The largest absolute Gasteiger partial charge is 0.357 e. The van der Waals surface area contributed by atoms with Gasteiger partial charge < -0.3 is 15.2 Å². The molecular weight excluding hydrogens is 296 g/mol. The summed E-state index contributed by atoms with van der Waals surface area (Å²) in [5, 5.41) is 7.76. The molecule has 0 atom stereocenters. The van der Waals surface area contributed by atoms with Crippen LogP contribution in [0.25, 0.3) is 0 Å². The van der Waals surface area contributed by atoms with Crippen LogP contribution in [0.3, 0.4) is 0 Å². The molecule has 0 bridgehead atoms. The molecule has 7 heteroatoms. The summed E-state index contributed by atoms with van der Waals surface area (Å²) in [5.74, 6) is 0.856. The lowest BCUT2D eigenvalue weighted by atomic mass is 10.4. The molecule has 0 aliphatic rings. The minimum atomic E-state index is 0.747. The first-order chi connectivity index (χ1) is 10.8. The summed E-state index contributed by atoms with van der Waals surface area (Å²) in [6, 6.07) is 0. The molecule has 2 N–H and O–H groups in total. The molecule has 2 rings (SSSR count). The molecule has 0 saturated heterocycles. The molecule has 22 heavy (non-hydrogen) atoms. The first-order valence-corrected chi connectivity index (χ1v) is 8.55. The maximum absolute atomic E-state index is 4.60. The van der Waals surface area contributed by atoms with Gasteiger partial charge in [0.05, 0.1) is 11.3 Å². The molecule has 2 heterocycles. The van der Waals surface area contributed by atoms with Gasteiger partial charge in [-0.05, 0) is 13.3 Å². The van der Waals surface area contributed by atoms with Gasteiger partial charge in [-0.3, -0.25) is 4.99 Å². The van der Waals surface area contributed by atoms with Gasteiger partial charge in [0.2, 0.25) is 0 Å². The number of hydrogen-bond donors (Lipinski definition) is 2. The molecule has 0 fully saturated rings. The molecule has 0 spiro atoms. The number of imidazole rings is 1. The van der Waals surface area contributed by atoms with Crippen molar-refractivity contribution >= 4 is 17.3 Å². The van der Waals surface area contributed by atoms with Crippen molar-refractivity contribution in [2.24, 2.45) is 4.99 Å². The molecule has 0 aliphatic carbocycles. The summed E-state index contributed by atoms with van der Waals surface area (Å²) in [6.45, 7) is 7.52. The highest BCUT2D eigenvalue weighted by Crippen LogP contribution is 2.13. The molecule has 2 aromatic rings. The van der Waals surface area contributed by atoms with Crippen molar-refractivity contribution in [3.8, 4) is 0 Å². The van der Waals surface area contributed by atoms with Crippen LogP contribution in [0, 0.1) is 0 Å². The lowest BCUT2D eigenvalue weighted by Gasteiger charge is -2.11. The van der Waals surface area contributed by atoms with E-state index in [0.717, 1.165) is 50.0 Å². The second-order valence-corrected chi connectivity index (χ2v) is 6.01. The van der Waals surface area contributed by atoms with Crippen LogP contribution in [0.2, 0.25) is 0 Å². The van der Waals surface area contributed by atoms with E-state index in [1.807, 2.05) is 23.3 Å². The number of aromatic nitrogens is 3. The highest BCUT2D eigenvalue weighted by atomic mass is 32.1. The number of hydrogen-bond acceptors (Lipinski definition) is 4. The Hall–Kier alpha value is -1.89. The first kappa shape index (κ1) is 16.5. The van der Waals surface area contributed by atoms with Gasteiger partial charge in [0.1, 0.15) is 0 Å². The van der Waals surface area contributed by atoms with Gasteiger partial charge in [-0.25, -0.2) is 9.97 Å². The lowest BCUT2D eigenvalue weighted by molar-refractivity contribution is 0.662. The number of nitrogens with zero attached hydrogens (tertiary/aromatic N) is 4. The van der Waals surface area contributed by atoms with E-state index in [4.69, 9.17) is 0 Å². The van der Waals surface area contributed by atoms with Crippen LogP contribution in [-0.4, -0.2) is 40.1 Å². The SMILES string of the molecule is CCNC(=NCCc1ncc(CC)s1)NCCn1ccnc1. The Morgan fingerprint density at radius 2 is 2.27 bits per heavy atom. The zero-order valence-corrected chi connectivity index (χ0v) is 14.1. The van der Waals surface area contributed by atoms with E-state index in [0.29, 0.717) is 0 Å². The van der Waals surface area contributed by atoms with E-state index >= 15 is 0 Å². The van der Waals surface area contributed by atoms with Gasteiger partial charge in [0, 0.05) is 56.1 Å². The molecule has 0 aliphatic heterocycles. The van der Waals surface area contributed by atoms with E-state index in [1.54, 1.807) is 17.5 Å². The summed E-state index contributed by atoms with van der Waals surface area (Å²) < 4.78 is 2.04. The molecule has 6 nitrogen and oxygen atoms in total. The van der Waals surface area contributed by atoms with E-state index in [1.165, 1.54) is 4.88 Å². The fourth-order valence-corrected chi connectivity index (χ4v) is 2.81. The lowest BCUT2D eigenvalue weighted by Crippen LogP contribution is -2.39. The van der Waals surface area contributed by atoms with Crippen molar-refractivity contribution in [2.45, 2.75) is 33.2 Å². The van der Waals surface area contributed by atoms with Crippen LogP contribution in [0.15, 0.2) is 29.9 Å². The fraction of sp³-hybridized carbons (Fsp3) is 0.533. The van der Waals surface area contributed by atoms with Crippen LogP contribution >= 0.6 is 11.3 Å². The standard InChI is InChI=1S/C15H24N6S/c1-3-13-11-20-14(22-13)5-6-18-15(17-4-2)19-8-10-21-9-7-16-12-21/h7,9,11-12H,3-6,8,10H2,1-2H3,(H2,17,18,19). The Bertz CT molecular complexity index is 560. The molecule has 120 valence electrons. The first-order valence-electron chi connectivity index (χ1n) is 7.73. The van der Waals surface area contributed by atoms with Crippen LogP contribution in [0.5, 0.6) is 0 Å². The van der Waals surface area contributed by atoms with Crippen LogP contribution < -0.4 is 10.6 Å². The van der Waals surface area contributed by atoms with Crippen molar-refractivity contribution in [2.75, 3.05) is 19.6 Å². The Morgan fingerprint density at radius 3 is 2.95 bits per heavy atom. The zero-order chi connectivity index (χ0) is 15.6. The van der Waals surface area contributed by atoms with E-state index in [2.05, 4.69) is 39.4 Å². The highest BCUT2D eigenvalue weighted by molar-refractivity contribution is 7.11. The summed E-state index contributed by atoms with van der Waals surface area (Å²) in [4.78, 5) is 14.4. The topological polar surface area (TPSA) is 67.1 Å². The summed E-state index contributed by atoms with van der Waals surface area (Å²) in [5.41, 5.74) is 0. The average Bonchev–Trinajstić information content (AvgIpc) is 3.18. The molecule has 0 aromatic carbocycles. The molecule has 0 unspecified atom stereocenters. The third-order valence-electron chi connectivity index (χ3n) is 3.11. The second-order valence-electron chi connectivity index (χ2n) is 4.81. The van der Waals surface area contributed by atoms with Gasteiger partial charge in [-0.15, -0.1) is 11.3 Å². The maximum Gasteiger partial charge on any atom is 0.191 e. The third kappa shape index (κ3) is 5.48. The van der Waals surface area contributed by atoms with Crippen LogP contribution in [0.1, 0.15) is 23.7 Å². The van der Waals surface area contributed by atoms with Gasteiger partial charge in [0.15, 0.2) is 5.96 Å². The van der Waals surface area contributed by atoms with Crippen LogP contribution in [-0.2, 0) is 19.4 Å². The van der Waals surface area contributed by atoms with E-state index in [9.17, 15) is 0 Å². The quantitative estimate of drug-likeness (QED) is 0.574. The van der Waals surface area contributed by atoms with Crippen LogP contribution in [0.4, 0.5) is 0 Å². The Balaban J connectivity index is 1.76. The Morgan fingerprint density at radius 1 is 1.36 bits per heavy atom. The molecule has 0 saturated carbocycles. The number of aliphatic imine (C=N–C) groups is 1. The normalized spacial score (nSPS) is 11.6. The van der Waals surface area contributed by atoms with Crippen molar-refractivity contribution in [1.82, 2.24) is 25.2 Å². The minimum Gasteiger partial charge on any atom is -0.357 e. The number of thiazole rings is 1. The van der Waals surface area contributed by atoms with Crippen molar-refractivity contribution in [3.63, 3.8) is 0 Å². The number of guanidine groups is 1. The predicted molar refractivity (Wildman–Crippen MR) is 91.4 cm³/mol. The molecule has 0 amide bonds. The minimum absolute atomic E-state index is 0.747. The maximum atomic E-state index is 4.60. The molecule has 2 aromatic heterocycles. The van der Waals surface area contributed by atoms with Crippen molar-refractivity contribution in [1.29, 1.82) is 0 Å². The van der Waals surface area contributed by atoms with Gasteiger partial charge >= 0.3 is 0 Å². The van der Waals surface area contributed by atoms with E-state index < -0.39 is 0 Å². The van der Waals surface area contributed by atoms with Gasteiger partial charge in [-0.1, -0.05) is 6.92 Å². The zero-order valence-electron chi connectivity index (χ0n) is 13.2. The van der Waals surface area contributed by atoms with Gasteiger partial charge in [0.25, 0.3) is 0 Å². The average molecular weight is 320 g/mol. The second kappa shape index (κ2) is 9.19. The number of nitrogens with one attached hydrogen (secondary N) is 2. The summed E-state index contributed by atoms with van der Waals surface area (Å²) in [7, 11) is 0. The monoisotopic (exact) mass is 320 g/mol. The highest BCUT2D eigenvalue weighted by Gasteiger charge is 2.01.